The fourth-order valence-electron chi connectivity index (χ4n) is 3.87. The smallest absolute Gasteiger partial charge is 0.241 e. The van der Waals surface area contributed by atoms with Crippen molar-refractivity contribution >= 4 is 11.8 Å². The van der Waals surface area contributed by atoms with Crippen molar-refractivity contribution in [2.24, 2.45) is 0 Å². The van der Waals surface area contributed by atoms with Crippen molar-refractivity contribution in [3.05, 3.63) is 47.3 Å². The molecule has 7 nitrogen and oxygen atoms in total. The maximum absolute atomic E-state index is 12.3. The van der Waals surface area contributed by atoms with Gasteiger partial charge in [0, 0.05) is 24.2 Å². The summed E-state index contributed by atoms with van der Waals surface area (Å²) in [5.41, 5.74) is 2.97. The summed E-state index contributed by atoms with van der Waals surface area (Å²) in [6.45, 7) is 4.09. The molecule has 0 saturated heterocycles. The van der Waals surface area contributed by atoms with E-state index in [2.05, 4.69) is 15.7 Å². The third-order valence-electron chi connectivity index (χ3n) is 5.33. The molecule has 29 heavy (non-hydrogen) atoms. The van der Waals surface area contributed by atoms with Crippen LogP contribution in [-0.2, 0) is 22.6 Å². The van der Waals surface area contributed by atoms with Gasteiger partial charge in [0.2, 0.25) is 11.8 Å². The minimum absolute atomic E-state index is 0.0359. The molecule has 1 aromatic carbocycles. The van der Waals surface area contributed by atoms with E-state index in [1.807, 2.05) is 44.2 Å². The lowest BCUT2D eigenvalue weighted by Crippen LogP contribution is -2.38. The molecule has 2 aromatic rings. The second-order valence-electron chi connectivity index (χ2n) is 7.78. The average molecular weight is 399 g/mol. The van der Waals surface area contributed by atoms with E-state index < -0.39 is 0 Å². The van der Waals surface area contributed by atoms with Gasteiger partial charge < -0.3 is 15.4 Å². The van der Waals surface area contributed by atoms with E-state index in [1.165, 1.54) is 0 Å². The zero-order valence-electron chi connectivity index (χ0n) is 17.4. The molecule has 0 spiro atoms. The molecule has 156 valence electrons. The highest BCUT2D eigenvalue weighted by Crippen LogP contribution is 2.20. The quantitative estimate of drug-likeness (QED) is 0.715. The minimum atomic E-state index is -0.0359. The molecule has 3 rings (SSSR count). The summed E-state index contributed by atoms with van der Waals surface area (Å²) in [6.07, 6.45) is 3.66. The lowest BCUT2D eigenvalue weighted by atomic mass is 10.1. The summed E-state index contributed by atoms with van der Waals surface area (Å²) >= 11 is 0. The molecule has 0 aliphatic heterocycles. The Morgan fingerprint density at radius 1 is 1.14 bits per heavy atom. The third kappa shape index (κ3) is 6.07. The average Bonchev–Trinajstić information content (AvgIpc) is 3.25. The van der Waals surface area contributed by atoms with Crippen molar-refractivity contribution in [3.63, 3.8) is 0 Å². The number of amides is 2. The normalized spacial score (nSPS) is 18.4. The topological polar surface area (TPSA) is 85.3 Å². The van der Waals surface area contributed by atoms with E-state index in [4.69, 9.17) is 4.74 Å². The Morgan fingerprint density at radius 2 is 1.86 bits per heavy atom. The number of carbonyl (C=O) groups is 2. The second-order valence-corrected chi connectivity index (χ2v) is 7.78. The Morgan fingerprint density at radius 3 is 2.52 bits per heavy atom. The van der Waals surface area contributed by atoms with Crippen LogP contribution in [0, 0.1) is 13.8 Å². The van der Waals surface area contributed by atoms with Gasteiger partial charge in [-0.25, -0.2) is 0 Å². The van der Waals surface area contributed by atoms with Gasteiger partial charge in [-0.3, -0.25) is 14.3 Å². The number of methoxy groups -OCH3 is 1. The lowest BCUT2D eigenvalue weighted by Gasteiger charge is -2.15. The number of nitrogens with one attached hydrogen (secondary N) is 2. The van der Waals surface area contributed by atoms with Gasteiger partial charge >= 0.3 is 0 Å². The van der Waals surface area contributed by atoms with Crippen molar-refractivity contribution in [2.45, 2.75) is 64.6 Å². The summed E-state index contributed by atoms with van der Waals surface area (Å²) in [5.74, 6) is 0.816. The minimum Gasteiger partial charge on any atom is -0.497 e. The summed E-state index contributed by atoms with van der Waals surface area (Å²) in [6, 6.07) is 9.96. The molecule has 1 heterocycles. The number of ether oxygens (including phenoxy) is 1. The molecule has 0 radical (unpaired) electrons. The lowest BCUT2D eigenvalue weighted by molar-refractivity contribution is -0.122. The van der Waals surface area contributed by atoms with Crippen LogP contribution in [-0.4, -0.2) is 40.8 Å². The SMILES string of the molecule is COc1cccc(CCC(=O)NC2CCC(NC(=O)Cn3nc(C)cc3C)C2)c1. The number of hydrogen-bond donors (Lipinski definition) is 2. The highest BCUT2D eigenvalue weighted by molar-refractivity contribution is 5.77. The molecule has 0 bridgehead atoms. The van der Waals surface area contributed by atoms with Gasteiger partial charge in [-0.05, 0) is 63.3 Å². The van der Waals surface area contributed by atoms with Gasteiger partial charge in [0.15, 0.2) is 0 Å². The summed E-state index contributed by atoms with van der Waals surface area (Å²) < 4.78 is 6.94. The van der Waals surface area contributed by atoms with E-state index in [1.54, 1.807) is 11.8 Å². The zero-order chi connectivity index (χ0) is 20.8. The third-order valence-corrected chi connectivity index (χ3v) is 5.33. The largest absolute Gasteiger partial charge is 0.497 e. The van der Waals surface area contributed by atoms with Gasteiger partial charge in [-0.1, -0.05) is 12.1 Å². The summed E-state index contributed by atoms with van der Waals surface area (Å²) in [5, 5.41) is 10.5. The number of nitrogens with zero attached hydrogens (tertiary/aromatic N) is 2. The maximum atomic E-state index is 12.3. The Labute approximate surface area is 171 Å². The van der Waals surface area contributed by atoms with Crippen molar-refractivity contribution in [2.75, 3.05) is 7.11 Å². The van der Waals surface area contributed by atoms with Crippen LogP contribution in [0.15, 0.2) is 30.3 Å². The number of rotatable bonds is 8. The molecular formula is C22H30N4O3. The van der Waals surface area contributed by atoms with Crippen LogP contribution in [0.1, 0.15) is 42.6 Å². The van der Waals surface area contributed by atoms with Crippen LogP contribution in [0.25, 0.3) is 0 Å². The van der Waals surface area contributed by atoms with Crippen molar-refractivity contribution < 1.29 is 14.3 Å². The van der Waals surface area contributed by atoms with E-state index in [-0.39, 0.29) is 30.4 Å². The molecule has 2 N–H and O–H groups in total. The van der Waals surface area contributed by atoms with Crippen LogP contribution in [0.5, 0.6) is 5.75 Å². The van der Waals surface area contributed by atoms with Crippen molar-refractivity contribution in [3.8, 4) is 5.75 Å². The van der Waals surface area contributed by atoms with Gasteiger partial charge in [0.05, 0.1) is 12.8 Å². The predicted molar refractivity (Wildman–Crippen MR) is 111 cm³/mol. The van der Waals surface area contributed by atoms with E-state index in [9.17, 15) is 9.59 Å². The van der Waals surface area contributed by atoms with Crippen LogP contribution < -0.4 is 15.4 Å². The molecule has 1 aliphatic rings. The Kier molecular flexibility index (Phi) is 6.90. The number of carbonyl (C=O) groups excluding carboxylic acids is 2. The zero-order valence-corrected chi connectivity index (χ0v) is 17.4. The monoisotopic (exact) mass is 398 g/mol. The summed E-state index contributed by atoms with van der Waals surface area (Å²) in [4.78, 5) is 24.6. The molecule has 2 unspecified atom stereocenters. The highest BCUT2D eigenvalue weighted by Gasteiger charge is 2.27. The first kappa shape index (κ1) is 20.9. The fraction of sp³-hybridized carbons (Fsp3) is 0.500. The Hall–Kier alpha value is -2.83. The maximum Gasteiger partial charge on any atom is 0.241 e. The molecule has 1 saturated carbocycles. The standard InChI is InChI=1S/C22H30N4O3/c1-15-11-16(2)26(25-15)14-22(28)24-19-9-8-18(13-19)23-21(27)10-7-17-5-4-6-20(12-17)29-3/h4-6,11-12,18-19H,7-10,13-14H2,1-3H3,(H,23,27)(H,24,28). The molecule has 1 aliphatic carbocycles. The Balaban J connectivity index is 1.39. The highest BCUT2D eigenvalue weighted by atomic mass is 16.5. The number of aromatic nitrogens is 2. The predicted octanol–water partition coefficient (Wildman–Crippen LogP) is 2.29. The Bertz CT molecular complexity index is 861. The number of benzene rings is 1. The number of hydrogen-bond acceptors (Lipinski definition) is 4. The first-order valence-electron chi connectivity index (χ1n) is 10.2. The van der Waals surface area contributed by atoms with Crippen LogP contribution in [0.4, 0.5) is 0 Å². The van der Waals surface area contributed by atoms with Crippen molar-refractivity contribution in [1.29, 1.82) is 0 Å². The van der Waals surface area contributed by atoms with Crippen LogP contribution in [0.3, 0.4) is 0 Å². The van der Waals surface area contributed by atoms with Gasteiger partial charge in [-0.2, -0.15) is 5.10 Å². The van der Waals surface area contributed by atoms with Gasteiger partial charge in [0.25, 0.3) is 0 Å². The van der Waals surface area contributed by atoms with E-state index in [0.29, 0.717) is 12.8 Å². The van der Waals surface area contributed by atoms with E-state index >= 15 is 0 Å². The van der Waals surface area contributed by atoms with E-state index in [0.717, 1.165) is 42.0 Å². The van der Waals surface area contributed by atoms with Crippen molar-refractivity contribution in [1.82, 2.24) is 20.4 Å². The van der Waals surface area contributed by atoms with Crippen LogP contribution >= 0.6 is 0 Å². The first-order chi connectivity index (χ1) is 13.9. The first-order valence-corrected chi connectivity index (χ1v) is 10.2. The molecule has 2 atom stereocenters. The molecule has 7 heteroatoms. The van der Waals surface area contributed by atoms with Crippen LogP contribution in [0.2, 0.25) is 0 Å². The summed E-state index contributed by atoms with van der Waals surface area (Å²) in [7, 11) is 1.64. The molecule has 1 fully saturated rings. The molecular weight excluding hydrogens is 368 g/mol. The number of aryl methyl sites for hydroxylation is 3. The molecule has 1 aromatic heterocycles. The fourth-order valence-corrected chi connectivity index (χ4v) is 3.87. The van der Waals surface area contributed by atoms with Gasteiger partial charge in [-0.15, -0.1) is 0 Å². The second kappa shape index (κ2) is 9.58. The van der Waals surface area contributed by atoms with Gasteiger partial charge in [0.1, 0.15) is 12.3 Å². The molecule has 2 amide bonds.